The van der Waals surface area contributed by atoms with Gasteiger partial charge in [0.25, 0.3) is 0 Å². The van der Waals surface area contributed by atoms with E-state index in [0.29, 0.717) is 9.74 Å². The first kappa shape index (κ1) is 13.2. The minimum absolute atomic E-state index is 0.478. The van der Waals surface area contributed by atoms with E-state index in [1.165, 1.54) is 49.8 Å². The third-order valence-corrected chi connectivity index (χ3v) is 6.76. The fourth-order valence-electron chi connectivity index (χ4n) is 5.50. The first-order valence-corrected chi connectivity index (χ1v) is 8.83. The molecule has 1 aromatic carbocycles. The molecule has 4 aliphatic rings. The Morgan fingerprint density at radius 3 is 2.35 bits per heavy atom. The van der Waals surface area contributed by atoms with E-state index in [1.807, 2.05) is 0 Å². The maximum absolute atomic E-state index is 4.10. The molecule has 108 valence electrons. The number of aryl methyl sites for hydroxylation is 1. The molecule has 4 aliphatic carbocycles. The molecule has 20 heavy (non-hydrogen) atoms. The molecule has 0 radical (unpaired) electrons. The molecule has 0 aliphatic heterocycles. The maximum atomic E-state index is 4.10. The Bertz CT molecular complexity index is 493. The molecule has 0 spiro atoms. The third-order valence-electron chi connectivity index (χ3n) is 5.83. The monoisotopic (exact) mass is 333 g/mol. The zero-order valence-electron chi connectivity index (χ0n) is 12.3. The number of hydrogen-bond donors (Lipinski definition) is 1. The second-order valence-corrected chi connectivity index (χ2v) is 9.51. The average molecular weight is 334 g/mol. The fraction of sp³-hybridized carbons (Fsp3) is 0.667. The Kier molecular flexibility index (Phi) is 2.96. The number of rotatable bonds is 3. The van der Waals surface area contributed by atoms with Gasteiger partial charge >= 0.3 is 0 Å². The summed E-state index contributed by atoms with van der Waals surface area (Å²) < 4.78 is 0.478. The third kappa shape index (κ3) is 2.30. The van der Waals surface area contributed by atoms with Crippen LogP contribution in [0.4, 0.5) is 5.69 Å². The van der Waals surface area contributed by atoms with E-state index in [0.717, 1.165) is 18.4 Å². The topological polar surface area (TPSA) is 12.0 Å². The maximum Gasteiger partial charge on any atom is 0.0340 e. The minimum atomic E-state index is 0.478. The van der Waals surface area contributed by atoms with E-state index < -0.39 is 0 Å². The number of halogens is 1. The SMILES string of the molecule is Cc1ccc(NCC23CC4CC(CC(Br)(C4)C2)C3)cc1. The van der Waals surface area contributed by atoms with Crippen molar-refractivity contribution < 1.29 is 0 Å². The molecule has 1 N–H and O–H groups in total. The summed E-state index contributed by atoms with van der Waals surface area (Å²) in [6, 6.07) is 8.85. The van der Waals surface area contributed by atoms with Gasteiger partial charge < -0.3 is 5.32 Å². The Morgan fingerprint density at radius 2 is 1.75 bits per heavy atom. The molecule has 4 fully saturated rings. The highest BCUT2D eigenvalue weighted by Gasteiger charge is 2.56. The van der Waals surface area contributed by atoms with E-state index in [2.05, 4.69) is 52.4 Å². The molecule has 2 unspecified atom stereocenters. The summed E-state index contributed by atoms with van der Waals surface area (Å²) >= 11 is 4.10. The highest BCUT2D eigenvalue weighted by atomic mass is 79.9. The van der Waals surface area contributed by atoms with Crippen LogP contribution in [0.3, 0.4) is 0 Å². The molecule has 0 saturated heterocycles. The molecule has 0 amide bonds. The van der Waals surface area contributed by atoms with Crippen molar-refractivity contribution in [1.82, 2.24) is 0 Å². The molecular weight excluding hydrogens is 310 g/mol. The van der Waals surface area contributed by atoms with Gasteiger partial charge in [-0.25, -0.2) is 0 Å². The van der Waals surface area contributed by atoms with E-state index in [1.54, 1.807) is 0 Å². The number of anilines is 1. The van der Waals surface area contributed by atoms with E-state index in [4.69, 9.17) is 0 Å². The summed E-state index contributed by atoms with van der Waals surface area (Å²) in [5, 5.41) is 3.73. The molecule has 5 rings (SSSR count). The van der Waals surface area contributed by atoms with Gasteiger partial charge in [-0.2, -0.15) is 0 Å². The van der Waals surface area contributed by atoms with Crippen molar-refractivity contribution in [3.05, 3.63) is 29.8 Å². The van der Waals surface area contributed by atoms with Crippen LogP contribution in [0.25, 0.3) is 0 Å². The molecule has 0 aromatic heterocycles. The fourth-order valence-corrected chi connectivity index (χ4v) is 7.01. The Balaban J connectivity index is 1.49. The van der Waals surface area contributed by atoms with Crippen LogP contribution in [0.1, 0.15) is 44.1 Å². The molecule has 4 bridgehead atoms. The van der Waals surface area contributed by atoms with Gasteiger partial charge in [0.15, 0.2) is 0 Å². The van der Waals surface area contributed by atoms with Gasteiger partial charge in [-0.15, -0.1) is 0 Å². The quantitative estimate of drug-likeness (QED) is 0.755. The second-order valence-electron chi connectivity index (χ2n) is 7.83. The van der Waals surface area contributed by atoms with Gasteiger partial charge in [0.2, 0.25) is 0 Å². The molecule has 1 aromatic rings. The van der Waals surface area contributed by atoms with E-state index in [9.17, 15) is 0 Å². The zero-order valence-corrected chi connectivity index (χ0v) is 13.9. The van der Waals surface area contributed by atoms with Crippen molar-refractivity contribution in [3.8, 4) is 0 Å². The lowest BCUT2D eigenvalue weighted by atomic mass is 9.49. The van der Waals surface area contributed by atoms with Crippen LogP contribution in [0.5, 0.6) is 0 Å². The van der Waals surface area contributed by atoms with Crippen LogP contribution < -0.4 is 5.32 Å². The van der Waals surface area contributed by atoms with Crippen molar-refractivity contribution >= 4 is 21.6 Å². The van der Waals surface area contributed by atoms with Crippen LogP contribution >= 0.6 is 15.9 Å². The summed E-state index contributed by atoms with van der Waals surface area (Å²) in [5.41, 5.74) is 3.18. The van der Waals surface area contributed by atoms with E-state index in [-0.39, 0.29) is 0 Å². The van der Waals surface area contributed by atoms with Crippen molar-refractivity contribution in [3.63, 3.8) is 0 Å². The molecule has 0 heterocycles. The van der Waals surface area contributed by atoms with Crippen molar-refractivity contribution in [2.45, 2.75) is 49.8 Å². The van der Waals surface area contributed by atoms with Crippen molar-refractivity contribution in [2.75, 3.05) is 11.9 Å². The number of alkyl halides is 1. The summed E-state index contributed by atoms with van der Waals surface area (Å²) in [6.07, 6.45) is 8.64. The predicted octanol–water partition coefficient (Wildman–Crippen LogP) is 5.14. The highest BCUT2D eigenvalue weighted by Crippen LogP contribution is 2.64. The predicted molar refractivity (Wildman–Crippen MR) is 88.4 cm³/mol. The number of nitrogens with one attached hydrogen (secondary N) is 1. The summed E-state index contributed by atoms with van der Waals surface area (Å²) in [4.78, 5) is 0. The second kappa shape index (κ2) is 4.50. The smallest absolute Gasteiger partial charge is 0.0340 e. The van der Waals surface area contributed by atoms with Gasteiger partial charge in [0.05, 0.1) is 0 Å². The average Bonchev–Trinajstić information content (AvgIpc) is 2.35. The summed E-state index contributed by atoms with van der Waals surface area (Å²) in [7, 11) is 0. The first-order chi connectivity index (χ1) is 9.54. The standard InChI is InChI=1S/C18H24BrN/c1-13-2-4-16(5-3-13)20-12-17-7-14-6-15(8-17)10-18(19,9-14)11-17/h2-5,14-15,20H,6-12H2,1H3. The summed E-state index contributed by atoms with van der Waals surface area (Å²) in [6.45, 7) is 3.31. The van der Waals surface area contributed by atoms with Crippen LogP contribution in [-0.2, 0) is 0 Å². The lowest BCUT2D eigenvalue weighted by molar-refractivity contribution is -0.0262. The van der Waals surface area contributed by atoms with Crippen LogP contribution in [0, 0.1) is 24.2 Å². The Morgan fingerprint density at radius 1 is 1.10 bits per heavy atom. The molecule has 2 heteroatoms. The van der Waals surface area contributed by atoms with Gasteiger partial charge in [-0.3, -0.25) is 0 Å². The molecule has 4 saturated carbocycles. The van der Waals surface area contributed by atoms with Crippen LogP contribution in [0.2, 0.25) is 0 Å². The van der Waals surface area contributed by atoms with Crippen molar-refractivity contribution in [2.24, 2.45) is 17.3 Å². The van der Waals surface area contributed by atoms with Gasteiger partial charge in [-0.1, -0.05) is 33.6 Å². The minimum Gasteiger partial charge on any atom is -0.384 e. The Labute approximate surface area is 130 Å². The lowest BCUT2D eigenvalue weighted by Crippen LogP contribution is -2.55. The van der Waals surface area contributed by atoms with Gasteiger partial charge in [0.1, 0.15) is 0 Å². The van der Waals surface area contributed by atoms with Crippen LogP contribution in [-0.4, -0.2) is 10.9 Å². The molecule has 2 atom stereocenters. The molecule has 1 nitrogen and oxygen atoms in total. The van der Waals surface area contributed by atoms with Gasteiger partial charge in [-0.05, 0) is 74.8 Å². The zero-order chi connectivity index (χ0) is 13.8. The first-order valence-electron chi connectivity index (χ1n) is 8.04. The van der Waals surface area contributed by atoms with E-state index >= 15 is 0 Å². The number of benzene rings is 1. The number of hydrogen-bond acceptors (Lipinski definition) is 1. The van der Waals surface area contributed by atoms with Gasteiger partial charge in [0, 0.05) is 16.6 Å². The lowest BCUT2D eigenvalue weighted by Gasteiger charge is -2.60. The van der Waals surface area contributed by atoms with Crippen LogP contribution in [0.15, 0.2) is 24.3 Å². The van der Waals surface area contributed by atoms with Crippen molar-refractivity contribution in [1.29, 1.82) is 0 Å². The molecular formula is C18H24BrN. The normalized spacial score (nSPS) is 41.9. The summed E-state index contributed by atoms with van der Waals surface area (Å²) in [5.74, 6) is 1.96. The Hall–Kier alpha value is -0.500. The highest BCUT2D eigenvalue weighted by molar-refractivity contribution is 9.10. The largest absolute Gasteiger partial charge is 0.384 e.